The topological polar surface area (TPSA) is 13.7 Å². The Morgan fingerprint density at radius 2 is 1.84 bits per heavy atom. The molecule has 0 aromatic heterocycles. The molecule has 0 atom stereocenters. The summed E-state index contributed by atoms with van der Waals surface area (Å²) in [5.41, 5.74) is 0. The van der Waals surface area contributed by atoms with Crippen molar-refractivity contribution in [3.8, 4) is 5.75 Å². The highest BCUT2D eigenvalue weighted by Crippen LogP contribution is 2.13. The third-order valence-corrected chi connectivity index (χ3v) is 4.71. The molecule has 0 unspecified atom stereocenters. The van der Waals surface area contributed by atoms with Gasteiger partial charge in [-0.1, -0.05) is 6.92 Å². The van der Waals surface area contributed by atoms with Crippen LogP contribution in [-0.4, -0.2) is 26.2 Å². The van der Waals surface area contributed by atoms with Gasteiger partial charge in [-0.3, -0.25) is 0 Å². The van der Waals surface area contributed by atoms with Crippen molar-refractivity contribution in [2.24, 2.45) is 5.92 Å². The van der Waals surface area contributed by atoms with Crippen molar-refractivity contribution in [2.75, 3.05) is 26.2 Å². The number of benzene rings is 1. The van der Waals surface area contributed by atoms with Crippen LogP contribution in [0.5, 0.6) is 5.75 Å². The van der Waals surface area contributed by atoms with E-state index >= 15 is 0 Å². The molecule has 0 amide bonds. The molecule has 0 radical (unpaired) electrons. The molecular weight excluding hydrogens is 349 g/mol. The Morgan fingerprint density at radius 1 is 1.16 bits per heavy atom. The van der Waals surface area contributed by atoms with Gasteiger partial charge in [0, 0.05) is 3.57 Å². The van der Waals surface area contributed by atoms with Gasteiger partial charge >= 0.3 is 0 Å². The zero-order chi connectivity index (χ0) is 13.5. The fourth-order valence-electron chi connectivity index (χ4n) is 2.62. The molecule has 106 valence electrons. The van der Waals surface area contributed by atoms with E-state index in [9.17, 15) is 0 Å². The second kappa shape index (κ2) is 8.10. The van der Waals surface area contributed by atoms with Crippen molar-refractivity contribution in [3.05, 3.63) is 27.8 Å². The van der Waals surface area contributed by atoms with Gasteiger partial charge in [-0.15, -0.1) is 0 Å². The largest absolute Gasteiger partial charge is 0.494 e. The number of rotatable bonds is 6. The SMILES string of the molecule is CC1CC[NH+](CCCCOc2ccc(I)cc2)CC1. The number of nitrogens with one attached hydrogen (secondary N) is 1. The molecule has 1 heterocycles. The van der Waals surface area contributed by atoms with E-state index < -0.39 is 0 Å². The van der Waals surface area contributed by atoms with Crippen LogP contribution in [0.25, 0.3) is 0 Å². The number of unbranched alkanes of at least 4 members (excludes halogenated alkanes) is 1. The van der Waals surface area contributed by atoms with Gasteiger partial charge in [0.05, 0.1) is 26.2 Å². The van der Waals surface area contributed by atoms with Crippen molar-refractivity contribution >= 4 is 22.6 Å². The molecule has 1 aliphatic rings. The molecule has 19 heavy (non-hydrogen) atoms. The molecule has 3 heteroatoms. The molecule has 1 N–H and O–H groups in total. The molecule has 0 saturated carbocycles. The first-order chi connectivity index (χ1) is 9.24. The minimum Gasteiger partial charge on any atom is -0.494 e. The Kier molecular flexibility index (Phi) is 6.44. The molecule has 1 aromatic carbocycles. The number of hydrogen-bond acceptors (Lipinski definition) is 1. The van der Waals surface area contributed by atoms with E-state index in [1.807, 2.05) is 0 Å². The van der Waals surface area contributed by atoms with Gasteiger partial charge in [-0.2, -0.15) is 0 Å². The van der Waals surface area contributed by atoms with Gasteiger partial charge in [0.15, 0.2) is 0 Å². The summed E-state index contributed by atoms with van der Waals surface area (Å²) in [6.45, 7) is 7.30. The summed E-state index contributed by atoms with van der Waals surface area (Å²) >= 11 is 2.32. The second-order valence-corrected chi connectivity index (χ2v) is 6.94. The van der Waals surface area contributed by atoms with Crippen LogP contribution in [0, 0.1) is 9.49 Å². The van der Waals surface area contributed by atoms with Crippen molar-refractivity contribution in [2.45, 2.75) is 32.6 Å². The summed E-state index contributed by atoms with van der Waals surface area (Å²) in [5.74, 6) is 1.95. The van der Waals surface area contributed by atoms with E-state index in [-0.39, 0.29) is 0 Å². The molecule has 0 spiro atoms. The van der Waals surface area contributed by atoms with E-state index in [0.717, 1.165) is 18.3 Å². The lowest BCUT2D eigenvalue weighted by molar-refractivity contribution is -0.906. The molecular formula is C16H25INO+. The van der Waals surface area contributed by atoms with Crippen LogP contribution in [0.2, 0.25) is 0 Å². The van der Waals surface area contributed by atoms with Crippen molar-refractivity contribution in [1.82, 2.24) is 0 Å². The van der Waals surface area contributed by atoms with Crippen molar-refractivity contribution < 1.29 is 9.64 Å². The number of ether oxygens (including phenoxy) is 1. The predicted molar refractivity (Wildman–Crippen MR) is 87.8 cm³/mol. The summed E-state index contributed by atoms with van der Waals surface area (Å²) in [6, 6.07) is 8.29. The molecule has 1 saturated heterocycles. The highest BCUT2D eigenvalue weighted by atomic mass is 127. The second-order valence-electron chi connectivity index (χ2n) is 5.69. The van der Waals surface area contributed by atoms with E-state index in [1.165, 1.54) is 48.9 Å². The van der Waals surface area contributed by atoms with Gasteiger partial charge in [0.2, 0.25) is 0 Å². The van der Waals surface area contributed by atoms with Crippen LogP contribution in [0.3, 0.4) is 0 Å². The quantitative estimate of drug-likeness (QED) is 0.597. The first-order valence-corrected chi connectivity index (χ1v) is 8.54. The van der Waals surface area contributed by atoms with Gasteiger partial charge in [0.1, 0.15) is 5.75 Å². The van der Waals surface area contributed by atoms with Gasteiger partial charge in [0.25, 0.3) is 0 Å². The lowest BCUT2D eigenvalue weighted by Crippen LogP contribution is -3.13. The number of quaternary nitrogens is 1. The van der Waals surface area contributed by atoms with Crippen LogP contribution in [-0.2, 0) is 0 Å². The molecule has 2 nitrogen and oxygen atoms in total. The van der Waals surface area contributed by atoms with Crippen LogP contribution in [0.15, 0.2) is 24.3 Å². The van der Waals surface area contributed by atoms with Gasteiger partial charge in [-0.25, -0.2) is 0 Å². The summed E-state index contributed by atoms with van der Waals surface area (Å²) in [7, 11) is 0. The predicted octanol–water partition coefficient (Wildman–Crippen LogP) is 2.77. The first-order valence-electron chi connectivity index (χ1n) is 7.46. The third-order valence-electron chi connectivity index (χ3n) is 3.99. The maximum Gasteiger partial charge on any atom is 0.119 e. The Morgan fingerprint density at radius 3 is 2.53 bits per heavy atom. The summed E-state index contributed by atoms with van der Waals surface area (Å²) in [4.78, 5) is 1.80. The maximum absolute atomic E-state index is 5.75. The number of halogens is 1. The minimum atomic E-state index is 0.851. The van der Waals surface area contributed by atoms with E-state index in [1.54, 1.807) is 4.90 Å². The van der Waals surface area contributed by atoms with Crippen LogP contribution >= 0.6 is 22.6 Å². The van der Waals surface area contributed by atoms with E-state index in [2.05, 4.69) is 53.8 Å². The molecule has 1 aromatic rings. The van der Waals surface area contributed by atoms with Crippen molar-refractivity contribution in [3.63, 3.8) is 0 Å². The van der Waals surface area contributed by atoms with Crippen LogP contribution in [0.1, 0.15) is 32.6 Å². The average Bonchev–Trinajstić information content (AvgIpc) is 2.43. The number of hydrogen-bond donors (Lipinski definition) is 1. The maximum atomic E-state index is 5.75. The van der Waals surface area contributed by atoms with Crippen LogP contribution < -0.4 is 9.64 Å². The summed E-state index contributed by atoms with van der Waals surface area (Å²) in [6.07, 6.45) is 5.28. The smallest absolute Gasteiger partial charge is 0.119 e. The highest BCUT2D eigenvalue weighted by Gasteiger charge is 2.17. The molecule has 2 rings (SSSR count). The van der Waals surface area contributed by atoms with E-state index in [4.69, 9.17) is 4.74 Å². The Bertz CT molecular complexity index is 358. The third kappa shape index (κ3) is 5.69. The highest BCUT2D eigenvalue weighted by molar-refractivity contribution is 14.1. The molecule has 0 aliphatic carbocycles. The average molecular weight is 374 g/mol. The first kappa shape index (κ1) is 15.1. The zero-order valence-corrected chi connectivity index (χ0v) is 14.0. The lowest BCUT2D eigenvalue weighted by atomic mass is 9.99. The fraction of sp³-hybridized carbons (Fsp3) is 0.625. The minimum absolute atomic E-state index is 0.851. The summed E-state index contributed by atoms with van der Waals surface area (Å²) in [5, 5.41) is 0. The van der Waals surface area contributed by atoms with Gasteiger partial charge in [-0.05, 0) is 78.5 Å². The van der Waals surface area contributed by atoms with E-state index in [0.29, 0.717) is 0 Å². The van der Waals surface area contributed by atoms with Crippen molar-refractivity contribution in [1.29, 1.82) is 0 Å². The Labute approximate surface area is 130 Å². The molecule has 0 bridgehead atoms. The normalized spacial score (nSPS) is 23.3. The zero-order valence-electron chi connectivity index (χ0n) is 11.8. The standard InChI is InChI=1S/C16H24INO/c1-14-8-11-18(12-9-14)10-2-3-13-19-16-6-4-15(17)5-7-16/h4-7,14H,2-3,8-13H2,1H3/p+1. The lowest BCUT2D eigenvalue weighted by Gasteiger charge is -2.27. The molecule has 1 aliphatic heterocycles. The fourth-order valence-corrected chi connectivity index (χ4v) is 2.98. The van der Waals surface area contributed by atoms with Crippen LogP contribution in [0.4, 0.5) is 0 Å². The monoisotopic (exact) mass is 374 g/mol. The Hall–Kier alpha value is -0.290. The summed E-state index contributed by atoms with van der Waals surface area (Å²) < 4.78 is 7.01. The number of piperidine rings is 1. The number of likely N-dealkylation sites (tertiary alicyclic amines) is 1. The van der Waals surface area contributed by atoms with Gasteiger partial charge < -0.3 is 9.64 Å². The Balaban J connectivity index is 1.53. The molecule has 1 fully saturated rings.